The lowest BCUT2D eigenvalue weighted by Gasteiger charge is -2.26. The smallest absolute Gasteiger partial charge is 0.338 e. The number of para-hydroxylation sites is 3. The monoisotopic (exact) mass is 439 g/mol. The van der Waals surface area contributed by atoms with Crippen LogP contribution < -0.4 is 13.8 Å². The highest BCUT2D eigenvalue weighted by Crippen LogP contribution is 2.31. The number of fused-ring (bicyclic) bond motifs is 1. The van der Waals surface area contributed by atoms with Gasteiger partial charge in [-0.15, -0.1) is 0 Å². The Morgan fingerprint density at radius 2 is 1.61 bits per heavy atom. The number of esters is 1. The van der Waals surface area contributed by atoms with E-state index >= 15 is 0 Å². The number of hydrogen-bond donors (Lipinski definition) is 0. The predicted molar refractivity (Wildman–Crippen MR) is 115 cm³/mol. The molecule has 31 heavy (non-hydrogen) atoms. The van der Waals surface area contributed by atoms with Crippen molar-refractivity contribution in [3.8, 4) is 11.5 Å². The van der Waals surface area contributed by atoms with Crippen LogP contribution in [0.1, 0.15) is 10.4 Å². The maximum absolute atomic E-state index is 12.8. The van der Waals surface area contributed by atoms with Gasteiger partial charge in [-0.3, -0.25) is 4.31 Å². The Morgan fingerprint density at radius 1 is 0.968 bits per heavy atom. The molecule has 0 radical (unpaired) electrons. The molecule has 1 atom stereocenters. The van der Waals surface area contributed by atoms with Crippen LogP contribution in [-0.2, 0) is 14.8 Å². The van der Waals surface area contributed by atoms with Crippen molar-refractivity contribution >= 4 is 21.7 Å². The summed E-state index contributed by atoms with van der Waals surface area (Å²) < 4.78 is 43.5. The van der Waals surface area contributed by atoms with Crippen LogP contribution in [0.2, 0.25) is 0 Å². The number of benzene rings is 3. The number of sulfonamides is 1. The molecule has 0 saturated carbocycles. The van der Waals surface area contributed by atoms with E-state index in [1.54, 1.807) is 30.3 Å². The first-order chi connectivity index (χ1) is 14.9. The van der Waals surface area contributed by atoms with Crippen LogP contribution in [0.25, 0.3) is 0 Å². The van der Waals surface area contributed by atoms with Gasteiger partial charge in [0.1, 0.15) is 13.2 Å². The highest BCUT2D eigenvalue weighted by molar-refractivity contribution is 7.92. The minimum Gasteiger partial charge on any atom is -0.486 e. The summed E-state index contributed by atoms with van der Waals surface area (Å²) in [6, 6.07) is 21.7. The van der Waals surface area contributed by atoms with Crippen LogP contribution >= 0.6 is 0 Å². The summed E-state index contributed by atoms with van der Waals surface area (Å²) in [5.74, 6) is 0.692. The van der Waals surface area contributed by atoms with Gasteiger partial charge < -0.3 is 14.2 Å². The number of hydrogen-bond acceptors (Lipinski definition) is 6. The van der Waals surface area contributed by atoms with Gasteiger partial charge in [0.25, 0.3) is 10.0 Å². The van der Waals surface area contributed by atoms with E-state index in [-0.39, 0.29) is 23.7 Å². The van der Waals surface area contributed by atoms with Crippen LogP contribution in [0.5, 0.6) is 11.5 Å². The van der Waals surface area contributed by atoms with Crippen molar-refractivity contribution in [3.63, 3.8) is 0 Å². The van der Waals surface area contributed by atoms with E-state index in [0.717, 1.165) is 0 Å². The van der Waals surface area contributed by atoms with E-state index < -0.39 is 22.1 Å². The van der Waals surface area contributed by atoms with Crippen LogP contribution in [-0.4, -0.2) is 40.8 Å². The summed E-state index contributed by atoms with van der Waals surface area (Å²) in [5, 5.41) is 0. The Balaban J connectivity index is 1.38. The van der Waals surface area contributed by atoms with E-state index in [1.165, 1.54) is 35.6 Å². The average Bonchev–Trinajstić information content (AvgIpc) is 2.82. The molecule has 1 unspecified atom stereocenters. The zero-order valence-corrected chi connectivity index (χ0v) is 17.6. The molecule has 8 heteroatoms. The molecule has 4 rings (SSSR count). The van der Waals surface area contributed by atoms with E-state index in [9.17, 15) is 13.2 Å². The third-order valence-electron chi connectivity index (χ3n) is 4.84. The summed E-state index contributed by atoms with van der Waals surface area (Å²) in [6.07, 6.45) is -0.418. The Bertz CT molecular complexity index is 1160. The molecule has 160 valence electrons. The zero-order chi connectivity index (χ0) is 21.8. The molecule has 3 aromatic rings. The number of rotatable bonds is 6. The quantitative estimate of drug-likeness (QED) is 0.547. The number of ether oxygens (including phenoxy) is 3. The molecule has 0 aromatic heterocycles. The fraction of sp³-hybridized carbons (Fsp3) is 0.174. The van der Waals surface area contributed by atoms with Crippen molar-refractivity contribution in [2.75, 3.05) is 24.6 Å². The molecular weight excluding hydrogens is 418 g/mol. The molecule has 1 aliphatic rings. The summed E-state index contributed by atoms with van der Waals surface area (Å²) in [4.78, 5) is 12.5. The average molecular weight is 439 g/mol. The highest BCUT2D eigenvalue weighted by Gasteiger charge is 2.24. The number of anilines is 1. The molecule has 0 bridgehead atoms. The topological polar surface area (TPSA) is 82.1 Å². The van der Waals surface area contributed by atoms with Gasteiger partial charge >= 0.3 is 5.97 Å². The van der Waals surface area contributed by atoms with Gasteiger partial charge in [0, 0.05) is 7.05 Å². The van der Waals surface area contributed by atoms with Crippen molar-refractivity contribution in [1.29, 1.82) is 0 Å². The van der Waals surface area contributed by atoms with E-state index in [4.69, 9.17) is 14.2 Å². The number of carbonyl (C=O) groups is 1. The van der Waals surface area contributed by atoms with Crippen molar-refractivity contribution in [1.82, 2.24) is 0 Å². The van der Waals surface area contributed by atoms with Gasteiger partial charge in [0.2, 0.25) is 0 Å². The predicted octanol–water partition coefficient (Wildman–Crippen LogP) is 3.51. The normalized spacial score (nSPS) is 15.2. The molecule has 0 saturated heterocycles. The summed E-state index contributed by atoms with van der Waals surface area (Å²) >= 11 is 0. The van der Waals surface area contributed by atoms with Gasteiger partial charge in [-0.2, -0.15) is 0 Å². The second kappa shape index (κ2) is 8.69. The van der Waals surface area contributed by atoms with Crippen LogP contribution in [0.15, 0.2) is 83.8 Å². The summed E-state index contributed by atoms with van der Waals surface area (Å²) in [7, 11) is -2.26. The zero-order valence-electron chi connectivity index (χ0n) is 16.8. The Labute approximate surface area is 180 Å². The van der Waals surface area contributed by atoms with Gasteiger partial charge in [-0.05, 0) is 48.5 Å². The molecule has 0 amide bonds. The SMILES string of the molecule is CN(c1ccccc1)S(=O)(=O)c1ccc(C(=O)OCC2COc3ccccc3O2)cc1. The van der Waals surface area contributed by atoms with Crippen molar-refractivity contribution in [2.24, 2.45) is 0 Å². The van der Waals surface area contributed by atoms with Crippen molar-refractivity contribution in [2.45, 2.75) is 11.0 Å². The maximum atomic E-state index is 12.8. The molecular formula is C23H21NO6S. The molecule has 1 aliphatic heterocycles. The molecule has 0 spiro atoms. The first-order valence-corrected chi connectivity index (χ1v) is 11.1. The fourth-order valence-corrected chi connectivity index (χ4v) is 4.29. The Morgan fingerprint density at radius 3 is 2.32 bits per heavy atom. The van der Waals surface area contributed by atoms with Crippen molar-refractivity contribution < 1.29 is 27.4 Å². The minimum atomic E-state index is -3.75. The molecule has 7 nitrogen and oxygen atoms in total. The van der Waals surface area contributed by atoms with Crippen LogP contribution in [0.4, 0.5) is 5.69 Å². The largest absolute Gasteiger partial charge is 0.486 e. The summed E-state index contributed by atoms with van der Waals surface area (Å²) in [5.41, 5.74) is 0.792. The minimum absolute atomic E-state index is 0.0178. The lowest BCUT2D eigenvalue weighted by molar-refractivity contribution is 0.0109. The standard InChI is InChI=1S/C23H21NO6S/c1-24(18-7-3-2-4-8-18)31(26,27)20-13-11-17(12-14-20)23(25)29-16-19-15-28-21-9-5-6-10-22(21)30-19/h2-14,19H,15-16H2,1H3. The van der Waals surface area contributed by atoms with Gasteiger partial charge in [-0.25, -0.2) is 13.2 Å². The summed E-state index contributed by atoms with van der Waals surface area (Å²) in [6.45, 7) is 0.289. The molecule has 0 N–H and O–H groups in total. The molecule has 3 aromatic carbocycles. The van der Waals surface area contributed by atoms with Crippen LogP contribution in [0.3, 0.4) is 0 Å². The maximum Gasteiger partial charge on any atom is 0.338 e. The lowest BCUT2D eigenvalue weighted by Crippen LogP contribution is -2.34. The second-order valence-electron chi connectivity index (χ2n) is 6.93. The first kappa shape index (κ1) is 20.7. The van der Waals surface area contributed by atoms with Crippen molar-refractivity contribution in [3.05, 3.63) is 84.4 Å². The van der Waals surface area contributed by atoms with Gasteiger partial charge in [0.15, 0.2) is 17.6 Å². The Hall–Kier alpha value is -3.52. The first-order valence-electron chi connectivity index (χ1n) is 9.65. The molecule has 1 heterocycles. The number of carbonyl (C=O) groups excluding carboxylic acids is 1. The third kappa shape index (κ3) is 4.49. The van der Waals surface area contributed by atoms with Gasteiger partial charge in [-0.1, -0.05) is 30.3 Å². The highest BCUT2D eigenvalue weighted by atomic mass is 32.2. The van der Waals surface area contributed by atoms with E-state index in [0.29, 0.717) is 17.2 Å². The van der Waals surface area contributed by atoms with Gasteiger partial charge in [0.05, 0.1) is 16.1 Å². The lowest BCUT2D eigenvalue weighted by atomic mass is 10.2. The number of nitrogens with zero attached hydrogens (tertiary/aromatic N) is 1. The van der Waals surface area contributed by atoms with Crippen LogP contribution in [0, 0.1) is 0 Å². The van der Waals surface area contributed by atoms with E-state index in [2.05, 4.69) is 0 Å². The molecule has 0 fully saturated rings. The second-order valence-corrected chi connectivity index (χ2v) is 8.90. The fourth-order valence-electron chi connectivity index (χ4n) is 3.09. The Kier molecular flexibility index (Phi) is 5.81. The third-order valence-corrected chi connectivity index (χ3v) is 6.64. The molecule has 0 aliphatic carbocycles. The van der Waals surface area contributed by atoms with E-state index in [1.807, 2.05) is 24.3 Å².